The molecule has 0 aliphatic carbocycles. The smallest absolute Gasteiger partial charge is 0.233 e. The maximum atomic E-state index is 14.0. The average Bonchev–Trinajstić information content (AvgIpc) is 2.81. The third-order valence-corrected chi connectivity index (χ3v) is 5.36. The molecule has 0 radical (unpaired) electrons. The number of halogens is 1. The Morgan fingerprint density at radius 1 is 1.12 bits per heavy atom. The highest BCUT2D eigenvalue weighted by Crippen LogP contribution is 2.27. The van der Waals surface area contributed by atoms with E-state index in [2.05, 4.69) is 20.9 Å². The zero-order valence-corrected chi connectivity index (χ0v) is 18.7. The van der Waals surface area contributed by atoms with Gasteiger partial charge in [0, 0.05) is 38.3 Å². The predicted octanol–water partition coefficient (Wildman–Crippen LogP) is 2.88. The lowest BCUT2D eigenvalue weighted by atomic mass is 10.1. The van der Waals surface area contributed by atoms with Crippen molar-refractivity contribution in [1.82, 2.24) is 20.9 Å². The molecule has 1 saturated heterocycles. The molecule has 3 rings (SSSR count). The fourth-order valence-corrected chi connectivity index (χ4v) is 3.58. The van der Waals surface area contributed by atoms with Gasteiger partial charge in [0.25, 0.3) is 0 Å². The van der Waals surface area contributed by atoms with Gasteiger partial charge in [0.05, 0.1) is 13.1 Å². The van der Waals surface area contributed by atoms with E-state index in [9.17, 15) is 9.18 Å². The number of nitrogens with zero attached hydrogens (tertiary/aromatic N) is 2. The summed E-state index contributed by atoms with van der Waals surface area (Å²) in [7, 11) is 1.66. The van der Waals surface area contributed by atoms with Crippen LogP contribution in [0.15, 0.2) is 53.5 Å². The molecule has 0 spiro atoms. The first-order chi connectivity index (χ1) is 15.6. The fraction of sp³-hybridized carbons (Fsp3) is 0.417. The van der Waals surface area contributed by atoms with Crippen molar-refractivity contribution < 1.29 is 13.9 Å². The second-order valence-corrected chi connectivity index (χ2v) is 7.70. The molecule has 1 fully saturated rings. The number of carbonyl (C=O) groups excluding carboxylic acids is 1. The second-order valence-electron chi connectivity index (χ2n) is 7.70. The molecule has 7 nitrogen and oxygen atoms in total. The quantitative estimate of drug-likeness (QED) is 0.434. The first kappa shape index (κ1) is 23.5. The van der Waals surface area contributed by atoms with Gasteiger partial charge in [-0.05, 0) is 38.0 Å². The van der Waals surface area contributed by atoms with Crippen molar-refractivity contribution in [3.05, 3.63) is 59.9 Å². The van der Waals surface area contributed by atoms with E-state index in [0.717, 1.165) is 44.0 Å². The van der Waals surface area contributed by atoms with Crippen LogP contribution in [0.25, 0.3) is 0 Å². The molecule has 8 heteroatoms. The number of likely N-dealkylation sites (N-methyl/N-ethyl adjacent to an activating group) is 1. The predicted molar refractivity (Wildman–Crippen MR) is 124 cm³/mol. The van der Waals surface area contributed by atoms with Crippen molar-refractivity contribution in [3.8, 4) is 11.5 Å². The highest BCUT2D eigenvalue weighted by atomic mass is 19.1. The van der Waals surface area contributed by atoms with Gasteiger partial charge < -0.3 is 20.7 Å². The summed E-state index contributed by atoms with van der Waals surface area (Å²) in [6, 6.07) is 14.2. The van der Waals surface area contributed by atoms with Gasteiger partial charge >= 0.3 is 0 Å². The summed E-state index contributed by atoms with van der Waals surface area (Å²) in [5, 5.41) is 9.47. The minimum Gasteiger partial charge on any atom is -0.454 e. The molecule has 1 heterocycles. The Morgan fingerprint density at radius 3 is 2.50 bits per heavy atom. The van der Waals surface area contributed by atoms with Crippen LogP contribution in [0.4, 0.5) is 4.39 Å². The zero-order chi connectivity index (χ0) is 22.8. The molecule has 0 aromatic heterocycles. The van der Waals surface area contributed by atoms with Crippen LogP contribution in [0, 0.1) is 5.82 Å². The lowest BCUT2D eigenvalue weighted by Gasteiger charge is -2.32. The number of amides is 1. The van der Waals surface area contributed by atoms with Crippen molar-refractivity contribution >= 4 is 11.9 Å². The number of hydrogen-bond donors (Lipinski definition) is 3. The topological polar surface area (TPSA) is 78.0 Å². The second kappa shape index (κ2) is 12.0. The van der Waals surface area contributed by atoms with Gasteiger partial charge in [-0.3, -0.25) is 9.69 Å². The van der Waals surface area contributed by atoms with Gasteiger partial charge in [-0.25, -0.2) is 9.38 Å². The molecule has 0 unspecified atom stereocenters. The van der Waals surface area contributed by atoms with Gasteiger partial charge in [0.1, 0.15) is 5.75 Å². The number of likely N-dealkylation sites (tertiary alicyclic amines) is 1. The van der Waals surface area contributed by atoms with Crippen molar-refractivity contribution in [3.63, 3.8) is 0 Å². The Kier molecular flexibility index (Phi) is 8.86. The van der Waals surface area contributed by atoms with Crippen molar-refractivity contribution in [1.29, 1.82) is 0 Å². The molecule has 2 aromatic rings. The van der Waals surface area contributed by atoms with E-state index < -0.39 is 5.82 Å². The van der Waals surface area contributed by atoms with Crippen LogP contribution in [0.5, 0.6) is 11.5 Å². The number of nitrogens with one attached hydrogen (secondary N) is 3. The molecule has 1 aliphatic rings. The largest absolute Gasteiger partial charge is 0.454 e. The maximum Gasteiger partial charge on any atom is 0.233 e. The number of rotatable bonds is 8. The van der Waals surface area contributed by atoms with Crippen LogP contribution in [0.1, 0.15) is 25.3 Å². The van der Waals surface area contributed by atoms with Crippen LogP contribution in [0.3, 0.4) is 0 Å². The summed E-state index contributed by atoms with van der Waals surface area (Å²) in [6.07, 6.45) is 1.88. The van der Waals surface area contributed by atoms with Crippen LogP contribution >= 0.6 is 0 Å². The Balaban J connectivity index is 1.61. The summed E-state index contributed by atoms with van der Waals surface area (Å²) in [5.74, 6) is 1.15. The standard InChI is InChI=1S/C24H32FN5O2/c1-3-27-24(29-19-12-14-30(15-13-19)17-23(31)26-2)28-16-18-8-4-6-10-21(18)32-22-11-7-5-9-20(22)25/h4-11,19H,3,12-17H2,1-2H3,(H,26,31)(H2,27,28,29). The van der Waals surface area contributed by atoms with E-state index in [1.165, 1.54) is 6.07 Å². The number of piperidine rings is 1. The number of aliphatic imine (C=N–C) groups is 1. The number of para-hydroxylation sites is 2. The molecule has 0 bridgehead atoms. The molecule has 3 N–H and O–H groups in total. The first-order valence-electron chi connectivity index (χ1n) is 11.1. The molecule has 172 valence electrons. The van der Waals surface area contributed by atoms with Crippen LogP contribution in [-0.2, 0) is 11.3 Å². The third-order valence-electron chi connectivity index (χ3n) is 5.36. The lowest BCUT2D eigenvalue weighted by Crippen LogP contribution is -2.50. The summed E-state index contributed by atoms with van der Waals surface area (Å²) < 4.78 is 19.8. The lowest BCUT2D eigenvalue weighted by molar-refractivity contribution is -0.122. The van der Waals surface area contributed by atoms with Gasteiger partial charge in [0.2, 0.25) is 5.91 Å². The van der Waals surface area contributed by atoms with Crippen molar-refractivity contribution in [2.24, 2.45) is 4.99 Å². The Bertz CT molecular complexity index is 913. The van der Waals surface area contributed by atoms with Crippen LogP contribution in [-0.4, -0.2) is 56.0 Å². The molecule has 32 heavy (non-hydrogen) atoms. The van der Waals surface area contributed by atoms with Gasteiger partial charge in [-0.15, -0.1) is 0 Å². The number of guanidine groups is 1. The van der Waals surface area contributed by atoms with Gasteiger partial charge in [0.15, 0.2) is 17.5 Å². The molecule has 0 atom stereocenters. The molecular formula is C24H32FN5O2. The van der Waals surface area contributed by atoms with Crippen molar-refractivity contribution in [2.75, 3.05) is 33.2 Å². The number of carbonyl (C=O) groups is 1. The minimum absolute atomic E-state index is 0.0441. The number of benzene rings is 2. The van der Waals surface area contributed by atoms with E-state index >= 15 is 0 Å². The van der Waals surface area contributed by atoms with Crippen LogP contribution in [0.2, 0.25) is 0 Å². The summed E-state index contributed by atoms with van der Waals surface area (Å²) >= 11 is 0. The number of ether oxygens (including phenoxy) is 1. The molecule has 1 aliphatic heterocycles. The molecule has 2 aromatic carbocycles. The first-order valence-corrected chi connectivity index (χ1v) is 11.1. The summed E-state index contributed by atoms with van der Waals surface area (Å²) in [6.45, 7) is 5.34. The zero-order valence-electron chi connectivity index (χ0n) is 18.7. The van der Waals surface area contributed by atoms with Gasteiger partial charge in [-0.1, -0.05) is 30.3 Å². The van der Waals surface area contributed by atoms with E-state index in [1.54, 1.807) is 25.2 Å². The Labute approximate surface area is 189 Å². The summed E-state index contributed by atoms with van der Waals surface area (Å²) in [4.78, 5) is 18.5. The summed E-state index contributed by atoms with van der Waals surface area (Å²) in [5.41, 5.74) is 0.869. The Hall–Kier alpha value is -3.13. The highest BCUT2D eigenvalue weighted by Gasteiger charge is 2.21. The average molecular weight is 442 g/mol. The minimum atomic E-state index is -0.399. The molecule has 1 amide bonds. The fourth-order valence-electron chi connectivity index (χ4n) is 3.58. The number of hydrogen-bond acceptors (Lipinski definition) is 4. The van der Waals surface area contributed by atoms with Crippen molar-refractivity contribution in [2.45, 2.75) is 32.4 Å². The van der Waals surface area contributed by atoms with Crippen LogP contribution < -0.4 is 20.7 Å². The van der Waals surface area contributed by atoms with E-state index in [0.29, 0.717) is 24.9 Å². The SMILES string of the molecule is CCNC(=NCc1ccccc1Oc1ccccc1F)NC1CCN(CC(=O)NC)CC1. The molecular weight excluding hydrogens is 409 g/mol. The maximum absolute atomic E-state index is 14.0. The van der Waals surface area contributed by atoms with Gasteiger partial charge in [-0.2, -0.15) is 0 Å². The monoisotopic (exact) mass is 441 g/mol. The third kappa shape index (κ3) is 6.95. The van der Waals surface area contributed by atoms with E-state index in [-0.39, 0.29) is 11.7 Å². The van der Waals surface area contributed by atoms with E-state index in [1.807, 2.05) is 31.2 Å². The normalized spacial score (nSPS) is 15.3. The van der Waals surface area contributed by atoms with E-state index in [4.69, 9.17) is 9.73 Å². The highest BCUT2D eigenvalue weighted by molar-refractivity contribution is 5.80. The molecule has 0 saturated carbocycles. The Morgan fingerprint density at radius 2 is 1.81 bits per heavy atom.